The molecule has 2 heterocycles. The molecule has 0 spiro atoms. The quantitative estimate of drug-likeness (QED) is 0.678. The molecule has 2 saturated heterocycles. The Hall–Kier alpha value is -1.76. The largest absolute Gasteiger partial charge is 0.379 e. The summed E-state index contributed by atoms with van der Waals surface area (Å²) in [6.07, 6.45) is 0. The van der Waals surface area contributed by atoms with Gasteiger partial charge in [0.15, 0.2) is 5.78 Å². The zero-order chi connectivity index (χ0) is 20.1. The van der Waals surface area contributed by atoms with E-state index in [2.05, 4.69) is 9.80 Å². The number of halogens is 1. The lowest BCUT2D eigenvalue weighted by Crippen LogP contribution is -2.55. The van der Waals surface area contributed by atoms with Gasteiger partial charge in [0.25, 0.3) is 0 Å². The molecule has 4 rings (SSSR count). The molecule has 0 saturated carbocycles. The lowest BCUT2D eigenvalue weighted by molar-refractivity contribution is -0.0301. The number of hydrogen-bond donors (Lipinski definition) is 0. The Morgan fingerprint density at radius 2 is 1.34 bits per heavy atom. The predicted molar refractivity (Wildman–Crippen MR) is 114 cm³/mol. The lowest BCUT2D eigenvalue weighted by Gasteiger charge is -2.44. The predicted octanol–water partition coefficient (Wildman–Crippen LogP) is 3.30. The van der Waals surface area contributed by atoms with Crippen LogP contribution in [0.2, 0.25) is 5.02 Å². The fourth-order valence-electron chi connectivity index (χ4n) is 4.25. The molecule has 2 aliphatic rings. The number of Topliss-reactive ketones (excluding diaryl/α,β-unsaturated/α-hetero) is 1. The van der Waals surface area contributed by atoms with E-state index in [9.17, 15) is 4.79 Å². The van der Waals surface area contributed by atoms with Crippen LogP contribution in [0.4, 0.5) is 0 Å². The second-order valence-corrected chi connectivity index (χ2v) is 7.90. The highest BCUT2D eigenvalue weighted by Gasteiger charge is 2.39. The summed E-state index contributed by atoms with van der Waals surface area (Å²) in [5.74, 6) is 0.152. The number of ether oxygens (including phenoxy) is 2. The molecule has 0 N–H and O–H groups in total. The van der Waals surface area contributed by atoms with Gasteiger partial charge in [0.2, 0.25) is 0 Å². The molecule has 2 aromatic rings. The van der Waals surface area contributed by atoms with E-state index >= 15 is 0 Å². The van der Waals surface area contributed by atoms with Crippen LogP contribution in [0, 0.1) is 0 Å². The molecule has 0 amide bonds. The summed E-state index contributed by atoms with van der Waals surface area (Å²) in [6.45, 7) is 5.75. The maximum atomic E-state index is 13.8. The average molecular weight is 415 g/mol. The van der Waals surface area contributed by atoms with Crippen LogP contribution in [0.3, 0.4) is 0 Å². The third kappa shape index (κ3) is 4.87. The molecule has 6 heteroatoms. The second kappa shape index (κ2) is 9.83. The van der Waals surface area contributed by atoms with Crippen molar-refractivity contribution in [3.8, 4) is 0 Å². The van der Waals surface area contributed by atoms with Crippen LogP contribution in [-0.2, 0) is 9.47 Å². The molecule has 2 aromatic carbocycles. The van der Waals surface area contributed by atoms with Crippen molar-refractivity contribution in [1.82, 2.24) is 9.80 Å². The summed E-state index contributed by atoms with van der Waals surface area (Å²) in [6, 6.07) is 17.2. The van der Waals surface area contributed by atoms with Gasteiger partial charge in [0.1, 0.15) is 0 Å². The number of nitrogens with zero attached hydrogens (tertiary/aromatic N) is 2. The SMILES string of the molecule is O=C(c1ccccc1)[C@H]([C@H](c1ccc(Cl)cc1)N1CCOCC1)N1CCOCC1. The highest BCUT2D eigenvalue weighted by atomic mass is 35.5. The number of rotatable bonds is 6. The van der Waals surface area contributed by atoms with Crippen LogP contribution in [0.15, 0.2) is 54.6 Å². The Morgan fingerprint density at radius 1 is 0.793 bits per heavy atom. The maximum Gasteiger partial charge on any atom is 0.181 e. The van der Waals surface area contributed by atoms with E-state index in [0.29, 0.717) is 31.5 Å². The molecular formula is C23H27ClN2O3. The highest BCUT2D eigenvalue weighted by Crippen LogP contribution is 2.32. The molecule has 2 aliphatic heterocycles. The molecule has 0 aliphatic carbocycles. The topological polar surface area (TPSA) is 42.0 Å². The number of carbonyl (C=O) groups excluding carboxylic acids is 1. The monoisotopic (exact) mass is 414 g/mol. The lowest BCUT2D eigenvalue weighted by atomic mass is 9.89. The first-order valence-corrected chi connectivity index (χ1v) is 10.6. The standard InChI is InChI=1S/C23H27ClN2O3/c24-20-8-6-18(7-9-20)21(25-10-14-28-15-11-25)22(26-12-16-29-17-13-26)23(27)19-4-2-1-3-5-19/h1-9,21-22H,10-17H2/t21-,22-/m0/s1. The van der Waals surface area contributed by atoms with Gasteiger partial charge in [-0.3, -0.25) is 14.6 Å². The van der Waals surface area contributed by atoms with Gasteiger partial charge in [-0.1, -0.05) is 54.1 Å². The Labute approximate surface area is 177 Å². The first-order valence-electron chi connectivity index (χ1n) is 10.2. The molecule has 2 atom stereocenters. The summed E-state index contributed by atoms with van der Waals surface area (Å²) < 4.78 is 11.2. The molecule has 0 unspecified atom stereocenters. The number of carbonyl (C=O) groups is 1. The zero-order valence-corrected chi connectivity index (χ0v) is 17.3. The fraction of sp³-hybridized carbons (Fsp3) is 0.435. The van der Waals surface area contributed by atoms with Gasteiger partial charge in [0, 0.05) is 36.8 Å². The molecule has 0 radical (unpaired) electrons. The minimum Gasteiger partial charge on any atom is -0.379 e. The van der Waals surface area contributed by atoms with Gasteiger partial charge in [-0.05, 0) is 17.7 Å². The first-order chi connectivity index (χ1) is 14.2. The Bertz CT molecular complexity index is 788. The number of hydrogen-bond acceptors (Lipinski definition) is 5. The van der Waals surface area contributed by atoms with Gasteiger partial charge in [-0.2, -0.15) is 0 Å². The van der Waals surface area contributed by atoms with Crippen LogP contribution in [-0.4, -0.2) is 74.2 Å². The van der Waals surface area contributed by atoms with Gasteiger partial charge < -0.3 is 9.47 Å². The van der Waals surface area contributed by atoms with E-state index in [-0.39, 0.29) is 17.9 Å². The van der Waals surface area contributed by atoms with Crippen molar-refractivity contribution in [3.05, 3.63) is 70.7 Å². The van der Waals surface area contributed by atoms with Crippen LogP contribution >= 0.6 is 11.6 Å². The number of morpholine rings is 2. The summed E-state index contributed by atoms with van der Waals surface area (Å²) in [5.41, 5.74) is 1.85. The fourth-order valence-corrected chi connectivity index (χ4v) is 4.37. The summed E-state index contributed by atoms with van der Waals surface area (Å²) in [5, 5.41) is 0.701. The summed E-state index contributed by atoms with van der Waals surface area (Å²) in [4.78, 5) is 18.5. The molecule has 29 heavy (non-hydrogen) atoms. The minimum absolute atomic E-state index is 0.0676. The summed E-state index contributed by atoms with van der Waals surface area (Å²) in [7, 11) is 0. The van der Waals surface area contributed by atoms with E-state index in [1.807, 2.05) is 54.6 Å². The third-order valence-corrected chi connectivity index (χ3v) is 5.97. The average Bonchev–Trinajstić information content (AvgIpc) is 2.79. The van der Waals surface area contributed by atoms with Crippen molar-refractivity contribution in [2.75, 3.05) is 52.6 Å². The molecule has 5 nitrogen and oxygen atoms in total. The maximum absolute atomic E-state index is 13.8. The minimum atomic E-state index is -0.291. The van der Waals surface area contributed by atoms with Crippen molar-refractivity contribution in [2.45, 2.75) is 12.1 Å². The molecule has 154 valence electrons. The smallest absolute Gasteiger partial charge is 0.181 e. The molecule has 2 fully saturated rings. The Balaban J connectivity index is 1.75. The molecule has 0 bridgehead atoms. The van der Waals surface area contributed by atoms with Crippen LogP contribution < -0.4 is 0 Å². The van der Waals surface area contributed by atoms with Crippen LogP contribution in [0.1, 0.15) is 22.0 Å². The third-order valence-electron chi connectivity index (χ3n) is 5.72. The number of benzene rings is 2. The van der Waals surface area contributed by atoms with E-state index in [1.54, 1.807) is 0 Å². The second-order valence-electron chi connectivity index (χ2n) is 7.47. The van der Waals surface area contributed by atoms with E-state index in [4.69, 9.17) is 21.1 Å². The van der Waals surface area contributed by atoms with Gasteiger partial charge >= 0.3 is 0 Å². The van der Waals surface area contributed by atoms with Crippen molar-refractivity contribution < 1.29 is 14.3 Å². The van der Waals surface area contributed by atoms with Crippen molar-refractivity contribution in [3.63, 3.8) is 0 Å². The van der Waals surface area contributed by atoms with Gasteiger partial charge in [0.05, 0.1) is 38.5 Å². The van der Waals surface area contributed by atoms with Crippen molar-refractivity contribution in [1.29, 1.82) is 0 Å². The number of ketones is 1. The van der Waals surface area contributed by atoms with E-state index < -0.39 is 0 Å². The van der Waals surface area contributed by atoms with E-state index in [1.165, 1.54) is 0 Å². The van der Waals surface area contributed by atoms with Crippen LogP contribution in [0.25, 0.3) is 0 Å². The highest BCUT2D eigenvalue weighted by molar-refractivity contribution is 6.30. The zero-order valence-electron chi connectivity index (χ0n) is 16.5. The van der Waals surface area contributed by atoms with Crippen molar-refractivity contribution in [2.24, 2.45) is 0 Å². The summed E-state index contributed by atoms with van der Waals surface area (Å²) >= 11 is 6.16. The Kier molecular flexibility index (Phi) is 6.95. The first kappa shape index (κ1) is 20.5. The van der Waals surface area contributed by atoms with Crippen molar-refractivity contribution >= 4 is 17.4 Å². The Morgan fingerprint density at radius 3 is 1.93 bits per heavy atom. The van der Waals surface area contributed by atoms with Gasteiger partial charge in [-0.15, -0.1) is 0 Å². The van der Waals surface area contributed by atoms with Gasteiger partial charge in [-0.25, -0.2) is 0 Å². The normalized spacial score (nSPS) is 20.9. The van der Waals surface area contributed by atoms with Crippen LogP contribution in [0.5, 0.6) is 0 Å². The molecule has 0 aromatic heterocycles. The molecular weight excluding hydrogens is 388 g/mol. The van der Waals surface area contributed by atoms with E-state index in [0.717, 1.165) is 37.3 Å².